The molecule has 0 aliphatic carbocycles. The van der Waals surface area contributed by atoms with E-state index in [2.05, 4.69) is 5.32 Å². The SMILES string of the molecule is C[C@@H](c1cccc2c1CN(C(=O)C1CCC(=O)NC1=O)C2)C(F)(F)F. The van der Waals surface area contributed by atoms with Crippen LogP contribution >= 0.6 is 0 Å². The van der Waals surface area contributed by atoms with E-state index in [0.29, 0.717) is 11.1 Å². The maximum absolute atomic E-state index is 13.1. The summed E-state index contributed by atoms with van der Waals surface area (Å²) in [5, 5.41) is 2.13. The lowest BCUT2D eigenvalue weighted by atomic mass is 9.93. The lowest BCUT2D eigenvalue weighted by Crippen LogP contribution is -2.47. The Kier molecular flexibility index (Phi) is 4.30. The van der Waals surface area contributed by atoms with E-state index < -0.39 is 35.7 Å². The zero-order valence-corrected chi connectivity index (χ0v) is 13.5. The van der Waals surface area contributed by atoms with Gasteiger partial charge in [0.25, 0.3) is 0 Å². The molecule has 1 N–H and O–H groups in total. The molecule has 2 aliphatic heterocycles. The molecule has 2 heterocycles. The second-order valence-electron chi connectivity index (χ2n) is 6.45. The van der Waals surface area contributed by atoms with Crippen molar-refractivity contribution in [1.29, 1.82) is 0 Å². The fourth-order valence-electron chi connectivity index (χ4n) is 3.34. The molecule has 3 rings (SSSR count). The first-order valence-corrected chi connectivity index (χ1v) is 7.98. The van der Waals surface area contributed by atoms with Gasteiger partial charge in [-0.2, -0.15) is 13.2 Å². The summed E-state index contributed by atoms with van der Waals surface area (Å²) in [4.78, 5) is 37.0. The minimum atomic E-state index is -4.36. The monoisotopic (exact) mass is 354 g/mol. The highest BCUT2D eigenvalue weighted by Gasteiger charge is 2.41. The number of fused-ring (bicyclic) bond motifs is 1. The number of hydrogen-bond donors (Lipinski definition) is 1. The molecule has 0 bridgehead atoms. The standard InChI is InChI=1S/C17H17F3N2O3/c1-9(17(18,19)20)11-4-2-3-10-7-22(8-13(10)11)16(25)12-5-6-14(23)21-15(12)24/h2-4,9,12H,5-8H2,1H3,(H,21,23,24)/t9-,12?/m0/s1. The van der Waals surface area contributed by atoms with Crippen LogP contribution in [-0.4, -0.2) is 28.8 Å². The van der Waals surface area contributed by atoms with Gasteiger partial charge in [-0.1, -0.05) is 18.2 Å². The van der Waals surface area contributed by atoms with E-state index in [9.17, 15) is 27.6 Å². The van der Waals surface area contributed by atoms with Crippen LogP contribution < -0.4 is 5.32 Å². The highest BCUT2D eigenvalue weighted by molar-refractivity contribution is 6.08. The van der Waals surface area contributed by atoms with E-state index in [1.807, 2.05) is 0 Å². The molecule has 2 atom stereocenters. The lowest BCUT2D eigenvalue weighted by molar-refractivity contribution is -0.147. The van der Waals surface area contributed by atoms with Gasteiger partial charge in [0, 0.05) is 19.5 Å². The minimum absolute atomic E-state index is 0.0441. The number of alkyl halides is 3. The Morgan fingerprint density at radius 2 is 2.00 bits per heavy atom. The lowest BCUT2D eigenvalue weighted by Gasteiger charge is -2.25. The number of carbonyl (C=O) groups is 3. The molecule has 8 heteroatoms. The fourth-order valence-corrected chi connectivity index (χ4v) is 3.34. The van der Waals surface area contributed by atoms with Gasteiger partial charge in [-0.05, 0) is 30.0 Å². The van der Waals surface area contributed by atoms with Crippen molar-refractivity contribution >= 4 is 17.7 Å². The molecule has 25 heavy (non-hydrogen) atoms. The number of benzene rings is 1. The minimum Gasteiger partial charge on any atom is -0.333 e. The van der Waals surface area contributed by atoms with Crippen LogP contribution in [0.4, 0.5) is 13.2 Å². The van der Waals surface area contributed by atoms with Gasteiger partial charge in [0.1, 0.15) is 5.92 Å². The largest absolute Gasteiger partial charge is 0.395 e. The molecule has 0 aromatic heterocycles. The molecular weight excluding hydrogens is 337 g/mol. The Bertz CT molecular complexity index is 745. The number of carbonyl (C=O) groups excluding carboxylic acids is 3. The third-order valence-corrected chi connectivity index (χ3v) is 4.83. The molecule has 1 saturated heterocycles. The van der Waals surface area contributed by atoms with Crippen LogP contribution in [0.2, 0.25) is 0 Å². The van der Waals surface area contributed by atoms with Crippen LogP contribution in [0.25, 0.3) is 0 Å². The third kappa shape index (κ3) is 3.25. The summed E-state index contributed by atoms with van der Waals surface area (Å²) in [5.41, 5.74) is 1.31. The Labute approximate surface area is 142 Å². The van der Waals surface area contributed by atoms with Crippen molar-refractivity contribution in [1.82, 2.24) is 10.2 Å². The summed E-state index contributed by atoms with van der Waals surface area (Å²) in [6.45, 7) is 1.31. The Balaban J connectivity index is 1.81. The Hall–Kier alpha value is -2.38. The van der Waals surface area contributed by atoms with E-state index in [1.165, 1.54) is 11.0 Å². The van der Waals surface area contributed by atoms with E-state index in [0.717, 1.165) is 6.92 Å². The fraction of sp³-hybridized carbons (Fsp3) is 0.471. The van der Waals surface area contributed by atoms with Gasteiger partial charge >= 0.3 is 6.18 Å². The third-order valence-electron chi connectivity index (χ3n) is 4.83. The molecule has 1 aromatic rings. The number of amides is 3. The van der Waals surface area contributed by atoms with Gasteiger partial charge in [-0.15, -0.1) is 0 Å². The van der Waals surface area contributed by atoms with Crippen molar-refractivity contribution in [2.24, 2.45) is 5.92 Å². The van der Waals surface area contributed by atoms with E-state index in [-0.39, 0.29) is 31.5 Å². The first-order chi connectivity index (χ1) is 11.7. The molecule has 2 aliphatic rings. The van der Waals surface area contributed by atoms with Crippen molar-refractivity contribution in [3.8, 4) is 0 Å². The van der Waals surface area contributed by atoms with Crippen molar-refractivity contribution in [3.63, 3.8) is 0 Å². The number of imide groups is 1. The van der Waals surface area contributed by atoms with Crippen LogP contribution in [0.5, 0.6) is 0 Å². The maximum atomic E-state index is 13.1. The molecule has 5 nitrogen and oxygen atoms in total. The number of halogens is 3. The normalized spacial score (nSPS) is 21.8. The average Bonchev–Trinajstić information content (AvgIpc) is 2.96. The summed E-state index contributed by atoms with van der Waals surface area (Å²) < 4.78 is 39.2. The number of nitrogens with one attached hydrogen (secondary N) is 1. The molecule has 1 unspecified atom stereocenters. The van der Waals surface area contributed by atoms with Gasteiger partial charge < -0.3 is 4.90 Å². The van der Waals surface area contributed by atoms with Crippen LogP contribution in [0.3, 0.4) is 0 Å². The highest BCUT2D eigenvalue weighted by Crippen LogP contribution is 2.39. The van der Waals surface area contributed by atoms with Gasteiger partial charge in [0.2, 0.25) is 17.7 Å². The average molecular weight is 354 g/mol. The summed E-state index contributed by atoms with van der Waals surface area (Å²) in [6, 6.07) is 4.67. The number of hydrogen-bond acceptors (Lipinski definition) is 3. The van der Waals surface area contributed by atoms with Gasteiger partial charge in [-0.3, -0.25) is 19.7 Å². The summed E-state index contributed by atoms with van der Waals surface area (Å²) >= 11 is 0. The number of rotatable bonds is 2. The second kappa shape index (κ2) is 6.16. The molecule has 3 amide bonds. The predicted octanol–water partition coefficient (Wildman–Crippen LogP) is 2.25. The van der Waals surface area contributed by atoms with Crippen molar-refractivity contribution in [2.75, 3.05) is 0 Å². The smallest absolute Gasteiger partial charge is 0.333 e. The van der Waals surface area contributed by atoms with Crippen LogP contribution in [-0.2, 0) is 27.5 Å². The summed E-state index contributed by atoms with van der Waals surface area (Å²) in [5.74, 6) is -4.10. The van der Waals surface area contributed by atoms with Gasteiger partial charge in [0.15, 0.2) is 0 Å². The molecular formula is C17H17F3N2O3. The molecule has 1 aromatic carbocycles. The quantitative estimate of drug-likeness (QED) is 0.654. The van der Waals surface area contributed by atoms with E-state index in [1.54, 1.807) is 12.1 Å². The van der Waals surface area contributed by atoms with Gasteiger partial charge in [-0.25, -0.2) is 0 Å². The topological polar surface area (TPSA) is 66.5 Å². The van der Waals surface area contributed by atoms with Gasteiger partial charge in [0.05, 0.1) is 5.92 Å². The van der Waals surface area contributed by atoms with Crippen LogP contribution in [0, 0.1) is 5.92 Å². The first-order valence-electron chi connectivity index (χ1n) is 7.98. The zero-order valence-electron chi connectivity index (χ0n) is 13.5. The van der Waals surface area contributed by atoms with Crippen molar-refractivity contribution in [2.45, 2.75) is 44.9 Å². The molecule has 0 saturated carbocycles. The predicted molar refractivity (Wildman–Crippen MR) is 81.0 cm³/mol. The summed E-state index contributed by atoms with van der Waals surface area (Å²) in [7, 11) is 0. The zero-order chi connectivity index (χ0) is 18.4. The summed E-state index contributed by atoms with van der Waals surface area (Å²) in [6.07, 6.45) is -4.16. The second-order valence-corrected chi connectivity index (χ2v) is 6.45. The number of nitrogens with zero attached hydrogens (tertiary/aromatic N) is 1. The van der Waals surface area contributed by atoms with Crippen LogP contribution in [0.1, 0.15) is 42.4 Å². The van der Waals surface area contributed by atoms with Crippen LogP contribution in [0.15, 0.2) is 18.2 Å². The van der Waals surface area contributed by atoms with Crippen molar-refractivity contribution in [3.05, 3.63) is 34.9 Å². The van der Waals surface area contributed by atoms with E-state index in [4.69, 9.17) is 0 Å². The Morgan fingerprint density at radius 1 is 1.28 bits per heavy atom. The van der Waals surface area contributed by atoms with E-state index >= 15 is 0 Å². The molecule has 0 spiro atoms. The molecule has 1 fully saturated rings. The van der Waals surface area contributed by atoms with Crippen molar-refractivity contribution < 1.29 is 27.6 Å². The highest BCUT2D eigenvalue weighted by atomic mass is 19.4. The number of piperidine rings is 1. The first kappa shape index (κ1) is 17.4. The molecule has 134 valence electrons. The molecule has 0 radical (unpaired) electrons. The maximum Gasteiger partial charge on any atom is 0.395 e. The Morgan fingerprint density at radius 3 is 2.64 bits per heavy atom.